The Morgan fingerprint density at radius 3 is 2.67 bits per heavy atom. The number of nitrogens with one attached hydrogen (secondary N) is 1. The summed E-state index contributed by atoms with van der Waals surface area (Å²) in [6.45, 7) is 1.24. The monoisotopic (exact) mass is 415 g/mol. The quantitative estimate of drug-likeness (QED) is 0.451. The largest absolute Gasteiger partial charge is 0.399 e. The van der Waals surface area contributed by atoms with E-state index in [0.29, 0.717) is 12.1 Å². The van der Waals surface area contributed by atoms with Gasteiger partial charge in [0.05, 0.1) is 15.4 Å². The molecule has 0 bridgehead atoms. The van der Waals surface area contributed by atoms with Gasteiger partial charge in [-0.05, 0) is 55.5 Å². The third-order valence-corrected chi connectivity index (χ3v) is 6.03. The summed E-state index contributed by atoms with van der Waals surface area (Å²) in [7, 11) is -4.13. The number of nitrogen functional groups attached to an aromatic ring is 1. The molecule has 2 aromatic carbocycles. The number of fused-ring (bicyclic) bond motifs is 1. The van der Waals surface area contributed by atoms with Crippen molar-refractivity contribution in [3.63, 3.8) is 0 Å². The van der Waals surface area contributed by atoms with Crippen LogP contribution in [0.1, 0.15) is 35.6 Å². The van der Waals surface area contributed by atoms with Gasteiger partial charge in [-0.2, -0.15) is 0 Å². The van der Waals surface area contributed by atoms with Crippen molar-refractivity contribution in [2.45, 2.75) is 37.1 Å². The maximum atomic E-state index is 14.0. The van der Waals surface area contributed by atoms with Crippen molar-refractivity contribution in [3.05, 3.63) is 63.0 Å². The highest BCUT2D eigenvalue weighted by molar-refractivity contribution is 7.89. The summed E-state index contributed by atoms with van der Waals surface area (Å²) in [6, 6.07) is 6.47. The Morgan fingerprint density at radius 1 is 1.30 bits per heavy atom. The van der Waals surface area contributed by atoms with Gasteiger partial charge in [-0.15, -0.1) is 12.4 Å². The number of halogens is 2. The molecule has 0 saturated carbocycles. The first-order chi connectivity index (χ1) is 12.2. The fraction of sp³-hybridized carbons (Fsp3) is 0.294. The second kappa shape index (κ2) is 7.79. The van der Waals surface area contributed by atoms with Gasteiger partial charge in [0.2, 0.25) is 10.0 Å². The van der Waals surface area contributed by atoms with Gasteiger partial charge in [-0.1, -0.05) is 6.07 Å². The summed E-state index contributed by atoms with van der Waals surface area (Å²) in [5.41, 5.74) is 7.39. The molecule has 27 heavy (non-hydrogen) atoms. The number of nitrogens with two attached hydrogens (primary N) is 1. The predicted octanol–water partition coefficient (Wildman–Crippen LogP) is 3.40. The topological polar surface area (TPSA) is 115 Å². The lowest BCUT2D eigenvalue weighted by Gasteiger charge is -2.26. The molecule has 0 aromatic heterocycles. The molecule has 3 N–H and O–H groups in total. The van der Waals surface area contributed by atoms with Gasteiger partial charge in [0, 0.05) is 17.8 Å². The van der Waals surface area contributed by atoms with Crippen LogP contribution in [0.2, 0.25) is 0 Å². The fourth-order valence-electron chi connectivity index (χ4n) is 3.20. The van der Waals surface area contributed by atoms with Crippen molar-refractivity contribution in [3.8, 4) is 0 Å². The molecule has 0 spiro atoms. The van der Waals surface area contributed by atoms with Gasteiger partial charge in [0.25, 0.3) is 5.69 Å². The van der Waals surface area contributed by atoms with Gasteiger partial charge >= 0.3 is 0 Å². The Hall–Kier alpha value is -2.23. The molecule has 2 aromatic rings. The van der Waals surface area contributed by atoms with Crippen LogP contribution in [-0.2, 0) is 16.4 Å². The molecule has 0 heterocycles. The van der Waals surface area contributed by atoms with Crippen molar-refractivity contribution in [2.75, 3.05) is 5.73 Å². The molecule has 0 fully saturated rings. The number of nitrogens with zero attached hydrogens (tertiary/aromatic N) is 1. The molecule has 146 valence electrons. The Bertz CT molecular complexity index is 998. The molecule has 1 atom stereocenters. The van der Waals surface area contributed by atoms with Gasteiger partial charge in [0.1, 0.15) is 5.82 Å². The van der Waals surface area contributed by atoms with Crippen LogP contribution >= 0.6 is 12.4 Å². The average molecular weight is 416 g/mol. The zero-order valence-corrected chi connectivity index (χ0v) is 16.1. The summed E-state index contributed by atoms with van der Waals surface area (Å²) in [5.74, 6) is -0.934. The summed E-state index contributed by atoms with van der Waals surface area (Å²) in [5, 5.41) is 11.1. The SMILES string of the molecule is Cc1c(F)cc(S(=O)(=O)NC2CCCc3cc(N)ccc32)cc1[N+](=O)[O-].Cl. The molecule has 10 heteroatoms. The van der Waals surface area contributed by atoms with Gasteiger partial charge in [0.15, 0.2) is 0 Å². The maximum Gasteiger partial charge on any atom is 0.276 e. The molecular weight excluding hydrogens is 397 g/mol. The van der Waals surface area contributed by atoms with Crippen LogP contribution in [0.15, 0.2) is 35.2 Å². The van der Waals surface area contributed by atoms with E-state index in [2.05, 4.69) is 4.72 Å². The van der Waals surface area contributed by atoms with Gasteiger partial charge in [-0.3, -0.25) is 10.1 Å². The van der Waals surface area contributed by atoms with E-state index in [-0.39, 0.29) is 18.0 Å². The zero-order chi connectivity index (χ0) is 19.1. The number of aryl methyl sites for hydroxylation is 1. The Kier molecular flexibility index (Phi) is 6.08. The van der Waals surface area contributed by atoms with Crippen LogP contribution < -0.4 is 10.5 Å². The third-order valence-electron chi connectivity index (χ3n) is 4.58. The summed E-state index contributed by atoms with van der Waals surface area (Å²) >= 11 is 0. The minimum atomic E-state index is -4.13. The van der Waals surface area contributed by atoms with Crippen LogP contribution in [0.25, 0.3) is 0 Å². The molecule has 0 radical (unpaired) electrons. The number of hydrogen-bond acceptors (Lipinski definition) is 5. The maximum absolute atomic E-state index is 14.0. The molecule has 0 aliphatic heterocycles. The molecule has 0 saturated heterocycles. The van der Waals surface area contributed by atoms with Crippen LogP contribution in [0.4, 0.5) is 15.8 Å². The Labute approximate surface area is 162 Å². The highest BCUT2D eigenvalue weighted by atomic mass is 35.5. The number of nitro benzene ring substituents is 1. The summed E-state index contributed by atoms with van der Waals surface area (Å²) in [6.07, 6.45) is 2.14. The first kappa shape index (κ1) is 21.1. The van der Waals surface area contributed by atoms with Crippen molar-refractivity contribution >= 4 is 33.8 Å². The highest BCUT2D eigenvalue weighted by Crippen LogP contribution is 2.33. The minimum absolute atomic E-state index is 0. The van der Waals surface area contributed by atoms with E-state index in [9.17, 15) is 22.9 Å². The van der Waals surface area contributed by atoms with E-state index in [1.807, 2.05) is 6.07 Å². The number of nitro groups is 1. The number of benzene rings is 2. The lowest BCUT2D eigenvalue weighted by molar-refractivity contribution is -0.385. The van der Waals surface area contributed by atoms with Gasteiger partial charge < -0.3 is 5.73 Å². The molecule has 1 aliphatic carbocycles. The van der Waals surface area contributed by atoms with E-state index in [1.54, 1.807) is 12.1 Å². The molecule has 7 nitrogen and oxygen atoms in total. The fourth-order valence-corrected chi connectivity index (χ4v) is 4.48. The lowest BCUT2D eigenvalue weighted by Crippen LogP contribution is -2.31. The average Bonchev–Trinajstić information content (AvgIpc) is 2.56. The molecule has 3 rings (SSSR count). The zero-order valence-electron chi connectivity index (χ0n) is 14.4. The van der Waals surface area contributed by atoms with Gasteiger partial charge in [-0.25, -0.2) is 17.5 Å². The number of sulfonamides is 1. The first-order valence-corrected chi connectivity index (χ1v) is 9.52. The number of hydrogen-bond donors (Lipinski definition) is 2. The number of anilines is 1. The van der Waals surface area contributed by atoms with Crippen LogP contribution in [0.5, 0.6) is 0 Å². The minimum Gasteiger partial charge on any atom is -0.399 e. The van der Waals surface area contributed by atoms with Crippen molar-refractivity contribution in [1.29, 1.82) is 0 Å². The van der Waals surface area contributed by atoms with Crippen LogP contribution in [0.3, 0.4) is 0 Å². The van der Waals surface area contributed by atoms with E-state index in [0.717, 1.165) is 36.1 Å². The van der Waals surface area contributed by atoms with E-state index in [1.165, 1.54) is 6.92 Å². The van der Waals surface area contributed by atoms with Crippen molar-refractivity contribution in [1.82, 2.24) is 4.72 Å². The van der Waals surface area contributed by atoms with E-state index < -0.39 is 37.4 Å². The molecule has 1 unspecified atom stereocenters. The smallest absolute Gasteiger partial charge is 0.276 e. The Balaban J connectivity index is 0.00000261. The Morgan fingerprint density at radius 2 is 2.00 bits per heavy atom. The van der Waals surface area contributed by atoms with Crippen LogP contribution in [0, 0.1) is 22.9 Å². The first-order valence-electron chi connectivity index (χ1n) is 8.04. The normalized spacial score (nSPS) is 16.3. The van der Waals surface area contributed by atoms with Crippen molar-refractivity contribution < 1.29 is 17.7 Å². The standard InChI is InChI=1S/C17H18FN3O4S.ClH/c1-10-15(18)8-13(9-17(10)21(22)23)26(24,25)20-16-4-2-3-11-7-12(19)5-6-14(11)16;/h5-9,16,20H,2-4,19H2,1H3;1H. The molecule has 1 aliphatic rings. The predicted molar refractivity (Wildman–Crippen MR) is 102 cm³/mol. The summed E-state index contributed by atoms with van der Waals surface area (Å²) < 4.78 is 41.9. The third kappa shape index (κ3) is 4.20. The molecule has 0 amide bonds. The second-order valence-corrected chi connectivity index (χ2v) is 8.04. The highest BCUT2D eigenvalue weighted by Gasteiger charge is 2.28. The second-order valence-electron chi connectivity index (χ2n) is 6.33. The van der Waals surface area contributed by atoms with E-state index in [4.69, 9.17) is 5.73 Å². The summed E-state index contributed by atoms with van der Waals surface area (Å²) in [4.78, 5) is 9.79. The van der Waals surface area contributed by atoms with Crippen LogP contribution in [-0.4, -0.2) is 13.3 Å². The number of rotatable bonds is 4. The molecular formula is C17H19ClFN3O4S. The lowest BCUT2D eigenvalue weighted by atomic mass is 9.88. The van der Waals surface area contributed by atoms with Crippen molar-refractivity contribution in [2.24, 2.45) is 0 Å². The van der Waals surface area contributed by atoms with E-state index >= 15 is 0 Å².